The molecule has 0 aromatic carbocycles. The minimum Gasteiger partial charge on any atom is -0.313 e. The minimum absolute atomic E-state index is 0.767. The van der Waals surface area contributed by atoms with Crippen LogP contribution in [-0.2, 0) is 0 Å². The Morgan fingerprint density at radius 1 is 1.14 bits per heavy atom. The molecule has 0 rings (SSSR count). The van der Waals surface area contributed by atoms with E-state index in [4.69, 9.17) is 0 Å². The fraction of sp³-hybridized carbons (Fsp3) is 0.692. The Morgan fingerprint density at radius 3 is 2.50 bits per heavy atom. The van der Waals surface area contributed by atoms with E-state index in [1.165, 1.54) is 19.3 Å². The molecule has 0 aromatic heterocycles. The largest absolute Gasteiger partial charge is 0.313 e. The SMILES string of the molecule is C/C=C\CNCCC(/C=C\C)CCC. The molecule has 0 fully saturated rings. The Hall–Kier alpha value is -0.560. The first-order valence-corrected chi connectivity index (χ1v) is 5.79. The summed E-state index contributed by atoms with van der Waals surface area (Å²) >= 11 is 0. The predicted octanol–water partition coefficient (Wildman–Crippen LogP) is 3.53. The van der Waals surface area contributed by atoms with Crippen LogP contribution in [0.5, 0.6) is 0 Å². The lowest BCUT2D eigenvalue weighted by Gasteiger charge is -2.11. The summed E-state index contributed by atoms with van der Waals surface area (Å²) in [5, 5.41) is 3.41. The van der Waals surface area contributed by atoms with E-state index >= 15 is 0 Å². The molecular weight excluding hydrogens is 170 g/mol. The molecule has 0 spiro atoms. The van der Waals surface area contributed by atoms with Crippen LogP contribution in [0.15, 0.2) is 24.3 Å². The number of hydrogen-bond acceptors (Lipinski definition) is 1. The van der Waals surface area contributed by atoms with Gasteiger partial charge in [-0.15, -0.1) is 0 Å². The van der Waals surface area contributed by atoms with E-state index in [0.717, 1.165) is 19.0 Å². The van der Waals surface area contributed by atoms with E-state index in [-0.39, 0.29) is 0 Å². The maximum atomic E-state index is 3.41. The van der Waals surface area contributed by atoms with Crippen molar-refractivity contribution in [2.24, 2.45) is 5.92 Å². The molecule has 0 amide bonds. The van der Waals surface area contributed by atoms with Crippen LogP contribution in [0.1, 0.15) is 40.0 Å². The van der Waals surface area contributed by atoms with Crippen LogP contribution in [0.4, 0.5) is 0 Å². The average molecular weight is 195 g/mol. The lowest BCUT2D eigenvalue weighted by molar-refractivity contribution is 0.516. The van der Waals surface area contributed by atoms with Crippen molar-refractivity contribution in [3.05, 3.63) is 24.3 Å². The minimum atomic E-state index is 0.767. The van der Waals surface area contributed by atoms with Crippen LogP contribution >= 0.6 is 0 Å². The van der Waals surface area contributed by atoms with Gasteiger partial charge in [0.1, 0.15) is 0 Å². The summed E-state index contributed by atoms with van der Waals surface area (Å²) in [6.07, 6.45) is 12.6. The predicted molar refractivity (Wildman–Crippen MR) is 65.5 cm³/mol. The zero-order chi connectivity index (χ0) is 10.6. The molecule has 0 aliphatic carbocycles. The second-order valence-electron chi connectivity index (χ2n) is 3.64. The van der Waals surface area contributed by atoms with E-state index in [9.17, 15) is 0 Å². The van der Waals surface area contributed by atoms with Crippen molar-refractivity contribution in [2.45, 2.75) is 40.0 Å². The molecule has 0 saturated heterocycles. The molecule has 1 heteroatoms. The monoisotopic (exact) mass is 195 g/mol. The van der Waals surface area contributed by atoms with Gasteiger partial charge < -0.3 is 5.32 Å². The Labute approximate surface area is 89.3 Å². The summed E-state index contributed by atoms with van der Waals surface area (Å²) < 4.78 is 0. The molecular formula is C13H25N. The van der Waals surface area contributed by atoms with Gasteiger partial charge >= 0.3 is 0 Å². The highest BCUT2D eigenvalue weighted by atomic mass is 14.8. The van der Waals surface area contributed by atoms with Crippen molar-refractivity contribution < 1.29 is 0 Å². The summed E-state index contributed by atoms with van der Waals surface area (Å²) in [7, 11) is 0. The first-order chi connectivity index (χ1) is 6.85. The second kappa shape index (κ2) is 10.5. The lowest BCUT2D eigenvalue weighted by Crippen LogP contribution is -2.17. The van der Waals surface area contributed by atoms with E-state index in [1.807, 2.05) is 0 Å². The fourth-order valence-electron chi connectivity index (χ4n) is 1.57. The van der Waals surface area contributed by atoms with Gasteiger partial charge in [-0.3, -0.25) is 0 Å². The van der Waals surface area contributed by atoms with Gasteiger partial charge in [0, 0.05) is 6.54 Å². The molecule has 1 atom stereocenters. The summed E-state index contributed by atoms with van der Waals surface area (Å²) in [6.45, 7) is 8.55. The molecule has 0 heterocycles. The number of nitrogens with one attached hydrogen (secondary N) is 1. The molecule has 1 N–H and O–H groups in total. The summed E-state index contributed by atoms with van der Waals surface area (Å²) in [6, 6.07) is 0. The highest BCUT2D eigenvalue weighted by Gasteiger charge is 2.01. The van der Waals surface area contributed by atoms with Gasteiger partial charge in [0.2, 0.25) is 0 Å². The lowest BCUT2D eigenvalue weighted by atomic mass is 9.99. The number of rotatable bonds is 8. The Bertz CT molecular complexity index is 159. The van der Waals surface area contributed by atoms with Crippen molar-refractivity contribution in [1.82, 2.24) is 5.32 Å². The highest BCUT2D eigenvalue weighted by molar-refractivity contribution is 4.86. The topological polar surface area (TPSA) is 12.0 Å². The van der Waals surface area contributed by atoms with E-state index in [1.54, 1.807) is 0 Å². The Balaban J connectivity index is 3.49. The first-order valence-electron chi connectivity index (χ1n) is 5.79. The summed E-state index contributed by atoms with van der Waals surface area (Å²) in [5.41, 5.74) is 0. The smallest absolute Gasteiger partial charge is 0.0134 e. The molecule has 0 saturated carbocycles. The molecule has 1 nitrogen and oxygen atoms in total. The first kappa shape index (κ1) is 13.4. The van der Waals surface area contributed by atoms with Gasteiger partial charge in [-0.2, -0.15) is 0 Å². The average Bonchev–Trinajstić information content (AvgIpc) is 2.18. The molecule has 0 radical (unpaired) electrons. The molecule has 0 aliphatic rings. The van der Waals surface area contributed by atoms with E-state index in [2.05, 4.69) is 50.4 Å². The molecule has 14 heavy (non-hydrogen) atoms. The zero-order valence-electron chi connectivity index (χ0n) is 9.92. The quantitative estimate of drug-likeness (QED) is 0.461. The van der Waals surface area contributed by atoms with Crippen LogP contribution < -0.4 is 5.32 Å². The number of hydrogen-bond donors (Lipinski definition) is 1. The maximum absolute atomic E-state index is 3.41. The van der Waals surface area contributed by atoms with Crippen LogP contribution in [0.3, 0.4) is 0 Å². The third-order valence-corrected chi connectivity index (χ3v) is 2.31. The van der Waals surface area contributed by atoms with E-state index in [0.29, 0.717) is 0 Å². The van der Waals surface area contributed by atoms with Crippen molar-refractivity contribution in [3.8, 4) is 0 Å². The van der Waals surface area contributed by atoms with Gasteiger partial charge in [0.25, 0.3) is 0 Å². The molecule has 0 aliphatic heterocycles. The third-order valence-electron chi connectivity index (χ3n) is 2.31. The molecule has 0 aromatic rings. The van der Waals surface area contributed by atoms with Crippen LogP contribution in [0.2, 0.25) is 0 Å². The van der Waals surface area contributed by atoms with Gasteiger partial charge in [-0.25, -0.2) is 0 Å². The summed E-state index contributed by atoms with van der Waals surface area (Å²) in [4.78, 5) is 0. The van der Waals surface area contributed by atoms with E-state index < -0.39 is 0 Å². The van der Waals surface area contributed by atoms with Gasteiger partial charge in [0.05, 0.1) is 0 Å². The van der Waals surface area contributed by atoms with Crippen LogP contribution in [0, 0.1) is 5.92 Å². The second-order valence-corrected chi connectivity index (χ2v) is 3.64. The van der Waals surface area contributed by atoms with Crippen molar-refractivity contribution >= 4 is 0 Å². The molecule has 82 valence electrons. The van der Waals surface area contributed by atoms with Crippen LogP contribution in [-0.4, -0.2) is 13.1 Å². The fourth-order valence-corrected chi connectivity index (χ4v) is 1.57. The van der Waals surface area contributed by atoms with Gasteiger partial charge in [-0.05, 0) is 39.2 Å². The molecule has 0 bridgehead atoms. The summed E-state index contributed by atoms with van der Waals surface area (Å²) in [5.74, 6) is 0.767. The van der Waals surface area contributed by atoms with Gasteiger partial charge in [-0.1, -0.05) is 37.6 Å². The normalized spacial score (nSPS) is 14.2. The zero-order valence-corrected chi connectivity index (χ0v) is 9.92. The number of allylic oxidation sites excluding steroid dienone is 3. The van der Waals surface area contributed by atoms with Crippen LogP contribution in [0.25, 0.3) is 0 Å². The molecule has 1 unspecified atom stereocenters. The van der Waals surface area contributed by atoms with Crippen molar-refractivity contribution in [3.63, 3.8) is 0 Å². The maximum Gasteiger partial charge on any atom is 0.0134 e. The van der Waals surface area contributed by atoms with Gasteiger partial charge in [0.15, 0.2) is 0 Å². The van der Waals surface area contributed by atoms with Crippen molar-refractivity contribution in [1.29, 1.82) is 0 Å². The third kappa shape index (κ3) is 8.06. The Morgan fingerprint density at radius 2 is 1.93 bits per heavy atom. The van der Waals surface area contributed by atoms with Crippen molar-refractivity contribution in [2.75, 3.05) is 13.1 Å². The highest BCUT2D eigenvalue weighted by Crippen LogP contribution is 2.11. The standard InChI is InChI=1S/C13H25N/c1-4-7-11-14-12-10-13(8-5-2)9-6-3/h4-5,7-8,13-14H,6,9-12H2,1-3H3/b7-4-,8-5-. The Kier molecular flexibility index (Phi) is 10.1.